The van der Waals surface area contributed by atoms with Gasteiger partial charge in [-0.2, -0.15) is 0 Å². The summed E-state index contributed by atoms with van der Waals surface area (Å²) in [4.78, 5) is 24.6. The second-order valence-electron chi connectivity index (χ2n) is 8.92. The monoisotopic (exact) mass is 458 g/mol. The molecule has 6 heteroatoms. The summed E-state index contributed by atoms with van der Waals surface area (Å²) in [6.07, 6.45) is 4.49. The summed E-state index contributed by atoms with van der Waals surface area (Å²) in [5.41, 5.74) is 3.75. The maximum Gasteiger partial charge on any atom is 0.336 e. The van der Waals surface area contributed by atoms with Crippen LogP contribution in [-0.4, -0.2) is 23.2 Å². The van der Waals surface area contributed by atoms with Crippen LogP contribution < -0.4 is 15.4 Å². The molecule has 34 heavy (non-hydrogen) atoms. The van der Waals surface area contributed by atoms with Gasteiger partial charge in [0, 0.05) is 5.69 Å². The van der Waals surface area contributed by atoms with Gasteiger partial charge in [0.2, 0.25) is 0 Å². The average Bonchev–Trinajstić information content (AvgIpc) is 2.83. The average molecular weight is 459 g/mol. The van der Waals surface area contributed by atoms with Crippen molar-refractivity contribution in [1.82, 2.24) is 0 Å². The normalized spacial score (nSPS) is 17.6. The van der Waals surface area contributed by atoms with Crippen LogP contribution in [0.4, 0.5) is 16.2 Å². The van der Waals surface area contributed by atoms with E-state index in [0.717, 1.165) is 24.8 Å². The molecule has 3 N–H and O–H groups in total. The van der Waals surface area contributed by atoms with E-state index < -0.39 is 12.0 Å². The molecule has 0 aromatic heterocycles. The van der Waals surface area contributed by atoms with Gasteiger partial charge in [-0.05, 0) is 73.6 Å². The minimum Gasteiger partial charge on any atom is -0.488 e. The molecule has 3 aromatic carbocycles. The van der Waals surface area contributed by atoms with Crippen LogP contribution in [-0.2, 0) is 0 Å². The Bertz CT molecular complexity index is 1170. The minimum atomic E-state index is -1.00. The number of nitrogens with one attached hydrogen (secondary N) is 2. The summed E-state index contributed by atoms with van der Waals surface area (Å²) < 4.78 is 6.38. The molecule has 2 amide bonds. The molecule has 0 saturated heterocycles. The first kappa shape index (κ1) is 23.4. The van der Waals surface area contributed by atoms with Crippen LogP contribution in [0.25, 0.3) is 11.1 Å². The summed E-state index contributed by atoms with van der Waals surface area (Å²) in [7, 11) is 0. The number of aromatic carboxylic acids is 1. The van der Waals surface area contributed by atoms with Gasteiger partial charge < -0.3 is 20.5 Å². The fourth-order valence-corrected chi connectivity index (χ4v) is 4.36. The zero-order chi connectivity index (χ0) is 24.1. The number of rotatable bonds is 6. The SMILES string of the molecule is Cc1ccc(NC(=O)Nc2cc(-c3ccccc3C(=O)O)ccc2O[C@@H]2CCCC[C@H]2C)cc1. The summed E-state index contributed by atoms with van der Waals surface area (Å²) in [5.74, 6) is 0.00309. The van der Waals surface area contributed by atoms with Crippen molar-refractivity contribution in [3.8, 4) is 16.9 Å². The number of hydrogen-bond acceptors (Lipinski definition) is 3. The lowest BCUT2D eigenvalue weighted by molar-refractivity contribution is 0.0697. The Morgan fingerprint density at radius 3 is 2.41 bits per heavy atom. The van der Waals surface area contributed by atoms with Crippen molar-refractivity contribution < 1.29 is 19.4 Å². The van der Waals surface area contributed by atoms with Crippen molar-refractivity contribution in [2.24, 2.45) is 5.92 Å². The van der Waals surface area contributed by atoms with Gasteiger partial charge in [-0.3, -0.25) is 0 Å². The highest BCUT2D eigenvalue weighted by molar-refractivity contribution is 6.02. The number of carbonyl (C=O) groups excluding carboxylic acids is 1. The second kappa shape index (κ2) is 10.4. The van der Waals surface area contributed by atoms with E-state index in [1.165, 1.54) is 6.42 Å². The quantitative estimate of drug-likeness (QED) is 0.372. The van der Waals surface area contributed by atoms with Gasteiger partial charge in [-0.25, -0.2) is 9.59 Å². The van der Waals surface area contributed by atoms with Crippen LogP contribution in [0.1, 0.15) is 48.5 Å². The summed E-state index contributed by atoms with van der Waals surface area (Å²) in [5, 5.41) is 15.4. The molecule has 4 rings (SSSR count). The number of carboxylic acid groups (broad SMARTS) is 1. The van der Waals surface area contributed by atoms with Gasteiger partial charge >= 0.3 is 12.0 Å². The van der Waals surface area contributed by atoms with Gasteiger partial charge in [-0.1, -0.05) is 55.3 Å². The molecule has 0 aliphatic heterocycles. The highest BCUT2D eigenvalue weighted by atomic mass is 16.5. The Hall–Kier alpha value is -3.80. The highest BCUT2D eigenvalue weighted by Crippen LogP contribution is 2.36. The van der Waals surface area contributed by atoms with Crippen molar-refractivity contribution in [2.75, 3.05) is 10.6 Å². The third-order valence-electron chi connectivity index (χ3n) is 6.32. The number of benzene rings is 3. The number of ether oxygens (including phenoxy) is 1. The van der Waals surface area contributed by atoms with E-state index in [2.05, 4.69) is 17.6 Å². The van der Waals surface area contributed by atoms with E-state index in [1.807, 2.05) is 43.3 Å². The molecular weight excluding hydrogens is 428 g/mol. The number of carboxylic acids is 1. The molecule has 0 unspecified atom stereocenters. The van der Waals surface area contributed by atoms with E-state index in [-0.39, 0.29) is 11.7 Å². The summed E-state index contributed by atoms with van der Waals surface area (Å²) in [6, 6.07) is 19.4. The first-order valence-electron chi connectivity index (χ1n) is 11.7. The van der Waals surface area contributed by atoms with Crippen molar-refractivity contribution >= 4 is 23.4 Å². The van der Waals surface area contributed by atoms with Crippen molar-refractivity contribution in [1.29, 1.82) is 0 Å². The van der Waals surface area contributed by atoms with E-state index in [0.29, 0.717) is 34.2 Å². The van der Waals surface area contributed by atoms with E-state index in [9.17, 15) is 14.7 Å². The lowest BCUT2D eigenvalue weighted by Gasteiger charge is -2.30. The molecule has 0 radical (unpaired) electrons. The van der Waals surface area contributed by atoms with E-state index in [4.69, 9.17) is 4.74 Å². The van der Waals surface area contributed by atoms with Crippen LogP contribution in [0.15, 0.2) is 66.7 Å². The third-order valence-corrected chi connectivity index (χ3v) is 6.32. The van der Waals surface area contributed by atoms with Crippen LogP contribution in [0, 0.1) is 12.8 Å². The number of aryl methyl sites for hydroxylation is 1. The van der Waals surface area contributed by atoms with Crippen LogP contribution in [0.5, 0.6) is 5.75 Å². The fraction of sp³-hybridized carbons (Fsp3) is 0.286. The fourth-order valence-electron chi connectivity index (χ4n) is 4.36. The summed E-state index contributed by atoms with van der Waals surface area (Å²) >= 11 is 0. The Morgan fingerprint density at radius 1 is 0.941 bits per heavy atom. The Balaban J connectivity index is 1.65. The molecule has 0 spiro atoms. The number of urea groups is 1. The number of amides is 2. The highest BCUT2D eigenvalue weighted by Gasteiger charge is 2.24. The van der Waals surface area contributed by atoms with Gasteiger partial charge in [0.05, 0.1) is 11.3 Å². The third kappa shape index (κ3) is 5.57. The maximum atomic E-state index is 12.8. The molecular formula is C28H30N2O4. The number of carbonyl (C=O) groups is 2. The number of anilines is 2. The van der Waals surface area contributed by atoms with Crippen molar-refractivity contribution in [3.05, 3.63) is 77.9 Å². The molecule has 1 fully saturated rings. The lowest BCUT2D eigenvalue weighted by atomic mass is 9.88. The zero-order valence-corrected chi connectivity index (χ0v) is 19.5. The molecule has 0 bridgehead atoms. The number of hydrogen-bond donors (Lipinski definition) is 3. The first-order valence-corrected chi connectivity index (χ1v) is 11.7. The topological polar surface area (TPSA) is 87.7 Å². The predicted octanol–water partition coefficient (Wildman–Crippen LogP) is 6.96. The smallest absolute Gasteiger partial charge is 0.336 e. The van der Waals surface area contributed by atoms with Crippen molar-refractivity contribution in [2.45, 2.75) is 45.6 Å². The van der Waals surface area contributed by atoms with Crippen LogP contribution in [0.2, 0.25) is 0 Å². The molecule has 2 atom stereocenters. The molecule has 1 aliphatic rings. The van der Waals surface area contributed by atoms with Gasteiger partial charge in [0.15, 0.2) is 0 Å². The zero-order valence-electron chi connectivity index (χ0n) is 19.5. The Kier molecular flexibility index (Phi) is 7.16. The van der Waals surface area contributed by atoms with Gasteiger partial charge in [0.25, 0.3) is 0 Å². The van der Waals surface area contributed by atoms with Crippen LogP contribution in [0.3, 0.4) is 0 Å². The first-order chi connectivity index (χ1) is 16.4. The van der Waals surface area contributed by atoms with E-state index in [1.54, 1.807) is 30.3 Å². The molecule has 0 heterocycles. The second-order valence-corrected chi connectivity index (χ2v) is 8.92. The minimum absolute atomic E-state index is 0.0756. The largest absolute Gasteiger partial charge is 0.488 e. The standard InChI is InChI=1S/C28H30N2O4/c1-18-11-14-21(15-12-18)29-28(33)30-24-17-20(22-8-4-5-9-23(22)27(31)32)13-16-26(24)34-25-10-6-3-7-19(25)2/h4-5,8-9,11-17,19,25H,3,6-7,10H2,1-2H3,(H,31,32)(H2,29,30,33)/t19-,25-/m1/s1. The molecule has 6 nitrogen and oxygen atoms in total. The van der Waals surface area contributed by atoms with Gasteiger partial charge in [-0.15, -0.1) is 0 Å². The molecule has 1 aliphatic carbocycles. The molecule has 176 valence electrons. The van der Waals surface area contributed by atoms with E-state index >= 15 is 0 Å². The lowest BCUT2D eigenvalue weighted by Crippen LogP contribution is -2.29. The van der Waals surface area contributed by atoms with Crippen molar-refractivity contribution in [3.63, 3.8) is 0 Å². The van der Waals surface area contributed by atoms with Crippen LogP contribution >= 0.6 is 0 Å². The molecule has 3 aromatic rings. The Morgan fingerprint density at radius 2 is 1.68 bits per heavy atom. The molecule has 1 saturated carbocycles. The Labute approximate surface area is 200 Å². The predicted molar refractivity (Wildman–Crippen MR) is 135 cm³/mol. The maximum absolute atomic E-state index is 12.8. The van der Waals surface area contributed by atoms with Gasteiger partial charge in [0.1, 0.15) is 11.9 Å². The summed E-state index contributed by atoms with van der Waals surface area (Å²) in [6.45, 7) is 4.18.